The van der Waals surface area contributed by atoms with Crippen LogP contribution >= 0.6 is 0 Å². The molecule has 2 unspecified atom stereocenters. The van der Waals surface area contributed by atoms with Crippen molar-refractivity contribution in [1.29, 1.82) is 0 Å². The summed E-state index contributed by atoms with van der Waals surface area (Å²) in [6.07, 6.45) is 9.66. The van der Waals surface area contributed by atoms with Gasteiger partial charge in [-0.3, -0.25) is 9.59 Å². The van der Waals surface area contributed by atoms with Gasteiger partial charge in [-0.25, -0.2) is 0 Å². The number of unbranched alkanes of at least 4 members (excludes halogenated alkanes) is 2. The van der Waals surface area contributed by atoms with E-state index >= 15 is 0 Å². The van der Waals surface area contributed by atoms with E-state index in [1.165, 1.54) is 14.2 Å². The highest BCUT2D eigenvalue weighted by Crippen LogP contribution is 2.44. The summed E-state index contributed by atoms with van der Waals surface area (Å²) in [5.74, 6) is 0.514. The lowest BCUT2D eigenvalue weighted by atomic mass is 9.75. The number of phenols is 2. The molecule has 0 amide bonds. The highest BCUT2D eigenvalue weighted by Gasteiger charge is 2.30. The number of hydrogen-bond donors (Lipinski definition) is 2. The smallest absolute Gasteiger partial charge is 0.306 e. The number of carbonyl (C=O) groups is 2. The molecule has 0 heterocycles. The van der Waals surface area contributed by atoms with Crippen LogP contribution in [-0.2, 0) is 42.7 Å². The minimum absolute atomic E-state index is 0.160. The number of rotatable bonds is 22. The van der Waals surface area contributed by atoms with Gasteiger partial charge in [-0.05, 0) is 72.6 Å². The molecule has 0 aliphatic carbocycles. The van der Waals surface area contributed by atoms with E-state index < -0.39 is 0 Å². The molecule has 0 aromatic heterocycles. The largest absolute Gasteiger partial charge is 0.504 e. The van der Waals surface area contributed by atoms with E-state index in [-0.39, 0.29) is 60.3 Å². The van der Waals surface area contributed by atoms with Gasteiger partial charge < -0.3 is 29.2 Å². The summed E-state index contributed by atoms with van der Waals surface area (Å²) in [4.78, 5) is 25.0. The lowest BCUT2D eigenvalue weighted by molar-refractivity contribution is -0.146. The van der Waals surface area contributed by atoms with Crippen LogP contribution in [0, 0.1) is 0 Å². The molecule has 2 N–H and O–H groups in total. The quantitative estimate of drug-likeness (QED) is 0.0955. The van der Waals surface area contributed by atoms with Crippen LogP contribution in [0.3, 0.4) is 0 Å². The SMILES string of the molecule is CCCCC(C)(CC)c1cc(CCC(=O)OCCCOC(=O)CCc2cc(OC)c(O)c(C(C)(CC)CCCC)c2)cc(OC)c1O. The Hall–Kier alpha value is -3.42. The molecule has 8 heteroatoms. The monoisotopic (exact) mass is 656 g/mol. The van der Waals surface area contributed by atoms with E-state index in [1.807, 2.05) is 12.1 Å². The van der Waals surface area contributed by atoms with E-state index in [9.17, 15) is 19.8 Å². The van der Waals surface area contributed by atoms with Crippen LogP contribution in [0.4, 0.5) is 0 Å². The van der Waals surface area contributed by atoms with Gasteiger partial charge in [0.2, 0.25) is 0 Å². The summed E-state index contributed by atoms with van der Waals surface area (Å²) in [6, 6.07) is 7.55. The summed E-state index contributed by atoms with van der Waals surface area (Å²) >= 11 is 0. The zero-order chi connectivity index (χ0) is 35.0. The maximum Gasteiger partial charge on any atom is 0.306 e. The molecule has 47 heavy (non-hydrogen) atoms. The molecule has 2 atom stereocenters. The van der Waals surface area contributed by atoms with Crippen molar-refractivity contribution in [3.63, 3.8) is 0 Å². The number of ether oxygens (including phenoxy) is 4. The number of hydrogen-bond acceptors (Lipinski definition) is 8. The van der Waals surface area contributed by atoms with Crippen molar-refractivity contribution in [1.82, 2.24) is 0 Å². The summed E-state index contributed by atoms with van der Waals surface area (Å²) in [5.41, 5.74) is 3.16. The fourth-order valence-electron chi connectivity index (χ4n) is 6.06. The second kappa shape index (κ2) is 19.4. The third kappa shape index (κ3) is 11.4. The topological polar surface area (TPSA) is 112 Å². The van der Waals surface area contributed by atoms with Crippen molar-refractivity contribution in [2.45, 2.75) is 136 Å². The third-order valence-corrected chi connectivity index (χ3v) is 9.79. The number of aryl methyl sites for hydroxylation is 2. The fraction of sp³-hybridized carbons (Fsp3) is 0.641. The van der Waals surface area contributed by atoms with Crippen molar-refractivity contribution < 1.29 is 38.7 Å². The first-order chi connectivity index (χ1) is 22.4. The standard InChI is InChI=1S/C39H60O8/c1-9-13-20-38(5,11-3)30-24-28(26-32(44-7)36(30)42)16-18-34(40)46-22-15-23-47-35(41)19-17-29-25-31(37(43)33(27-29)45-8)39(6,12-4)21-14-10-2/h24-27,42-43H,9-23H2,1-8H3. The first kappa shape index (κ1) is 39.8. The van der Waals surface area contributed by atoms with Crippen LogP contribution in [0.25, 0.3) is 0 Å². The van der Waals surface area contributed by atoms with Crippen LogP contribution in [0.15, 0.2) is 24.3 Å². The van der Waals surface area contributed by atoms with E-state index in [0.29, 0.717) is 30.8 Å². The maximum absolute atomic E-state index is 12.5. The molecular formula is C39H60O8. The number of methoxy groups -OCH3 is 2. The minimum atomic E-state index is -0.329. The van der Waals surface area contributed by atoms with Crippen molar-refractivity contribution in [2.24, 2.45) is 0 Å². The molecule has 0 saturated heterocycles. The Morgan fingerprint density at radius 2 is 1.02 bits per heavy atom. The molecule has 0 fully saturated rings. The molecule has 0 aliphatic rings. The van der Waals surface area contributed by atoms with E-state index in [4.69, 9.17) is 18.9 Å². The van der Waals surface area contributed by atoms with Gasteiger partial charge in [-0.2, -0.15) is 0 Å². The Labute approximate surface area is 283 Å². The van der Waals surface area contributed by atoms with E-state index in [2.05, 4.69) is 41.5 Å². The minimum Gasteiger partial charge on any atom is -0.504 e. The molecule has 0 spiro atoms. The molecule has 0 aliphatic heterocycles. The van der Waals surface area contributed by atoms with Crippen LogP contribution in [0.5, 0.6) is 23.0 Å². The third-order valence-electron chi connectivity index (χ3n) is 9.79. The van der Waals surface area contributed by atoms with Crippen LogP contribution in [0.2, 0.25) is 0 Å². The number of carbonyl (C=O) groups excluding carboxylic acids is 2. The molecular weight excluding hydrogens is 596 g/mol. The maximum atomic E-state index is 12.5. The van der Waals surface area contributed by atoms with Gasteiger partial charge in [0.05, 0.1) is 27.4 Å². The Balaban J connectivity index is 1.86. The van der Waals surface area contributed by atoms with Crippen molar-refractivity contribution in [2.75, 3.05) is 27.4 Å². The molecule has 8 nitrogen and oxygen atoms in total. The Bertz CT molecular complexity index is 1190. The van der Waals surface area contributed by atoms with Gasteiger partial charge in [-0.15, -0.1) is 0 Å². The zero-order valence-electron chi connectivity index (χ0n) is 30.3. The first-order valence-corrected chi connectivity index (χ1v) is 17.5. The van der Waals surface area contributed by atoms with Crippen LogP contribution in [-0.4, -0.2) is 49.6 Å². The van der Waals surface area contributed by atoms with Gasteiger partial charge in [0.1, 0.15) is 0 Å². The lowest BCUT2D eigenvalue weighted by Gasteiger charge is -2.30. The zero-order valence-corrected chi connectivity index (χ0v) is 30.3. The van der Waals surface area contributed by atoms with E-state index in [0.717, 1.165) is 73.6 Å². The summed E-state index contributed by atoms with van der Waals surface area (Å²) in [6.45, 7) is 13.2. The highest BCUT2D eigenvalue weighted by atomic mass is 16.5. The van der Waals surface area contributed by atoms with Crippen LogP contribution < -0.4 is 9.47 Å². The molecule has 2 rings (SSSR count). The summed E-state index contributed by atoms with van der Waals surface area (Å²) in [7, 11) is 3.08. The van der Waals surface area contributed by atoms with Gasteiger partial charge in [0.15, 0.2) is 23.0 Å². The predicted molar refractivity (Wildman–Crippen MR) is 187 cm³/mol. The average Bonchev–Trinajstić information content (AvgIpc) is 3.08. The molecule has 0 bridgehead atoms. The number of esters is 2. The molecule has 0 radical (unpaired) electrons. The van der Waals surface area contributed by atoms with Crippen molar-refractivity contribution in [3.8, 4) is 23.0 Å². The lowest BCUT2D eigenvalue weighted by Crippen LogP contribution is -2.21. The fourth-order valence-corrected chi connectivity index (χ4v) is 6.06. The second-order valence-corrected chi connectivity index (χ2v) is 13.2. The number of phenolic OH excluding ortho intramolecular Hbond substituents is 2. The number of benzene rings is 2. The average molecular weight is 657 g/mol. The second-order valence-electron chi connectivity index (χ2n) is 13.2. The van der Waals surface area contributed by atoms with E-state index in [1.54, 1.807) is 12.1 Å². The Morgan fingerprint density at radius 3 is 1.34 bits per heavy atom. The number of aromatic hydroxyl groups is 2. The summed E-state index contributed by atoms with van der Waals surface area (Å²) in [5, 5.41) is 21.8. The normalized spacial score (nSPS) is 13.8. The molecule has 0 saturated carbocycles. The van der Waals surface area contributed by atoms with Gasteiger partial charge in [0, 0.05) is 30.4 Å². The molecule has 2 aromatic carbocycles. The van der Waals surface area contributed by atoms with Crippen molar-refractivity contribution in [3.05, 3.63) is 46.5 Å². The highest BCUT2D eigenvalue weighted by molar-refractivity contribution is 5.70. The first-order valence-electron chi connectivity index (χ1n) is 17.5. The summed E-state index contributed by atoms with van der Waals surface area (Å²) < 4.78 is 21.7. The molecule has 2 aromatic rings. The van der Waals surface area contributed by atoms with Crippen LogP contribution in [0.1, 0.15) is 134 Å². The van der Waals surface area contributed by atoms with Crippen molar-refractivity contribution >= 4 is 11.9 Å². The van der Waals surface area contributed by atoms with Gasteiger partial charge in [0.25, 0.3) is 0 Å². The molecule has 264 valence electrons. The predicted octanol–water partition coefficient (Wildman–Crippen LogP) is 8.87. The Kier molecular flexibility index (Phi) is 16.4. The van der Waals surface area contributed by atoms with Gasteiger partial charge >= 0.3 is 11.9 Å². The van der Waals surface area contributed by atoms with Gasteiger partial charge in [-0.1, -0.05) is 79.4 Å². The Morgan fingerprint density at radius 1 is 0.638 bits per heavy atom.